The van der Waals surface area contributed by atoms with Crippen molar-refractivity contribution >= 4 is 5.97 Å². The van der Waals surface area contributed by atoms with Crippen molar-refractivity contribution in [1.29, 1.82) is 0 Å². The maximum atomic E-state index is 10.8. The summed E-state index contributed by atoms with van der Waals surface area (Å²) in [6, 6.07) is 0. The Labute approximate surface area is 97.3 Å². The van der Waals surface area contributed by atoms with Crippen molar-refractivity contribution in [2.45, 2.75) is 26.3 Å². The Morgan fingerprint density at radius 1 is 1.59 bits per heavy atom. The lowest BCUT2D eigenvalue weighted by atomic mass is 10.3. The first-order valence-corrected chi connectivity index (χ1v) is 5.51. The van der Waals surface area contributed by atoms with Crippen LogP contribution in [-0.4, -0.2) is 30.6 Å². The highest BCUT2D eigenvalue weighted by Crippen LogP contribution is 2.25. The fourth-order valence-electron chi connectivity index (χ4n) is 2.25. The second-order valence-electron chi connectivity index (χ2n) is 4.17. The van der Waals surface area contributed by atoms with Gasteiger partial charge in [-0.3, -0.25) is 0 Å². The van der Waals surface area contributed by atoms with Gasteiger partial charge in [-0.25, -0.2) is 14.8 Å². The first kappa shape index (κ1) is 10.1. The highest BCUT2D eigenvalue weighted by atomic mass is 16.4. The van der Waals surface area contributed by atoms with E-state index in [-0.39, 0.29) is 5.69 Å². The number of carboxylic acids is 1. The maximum Gasteiger partial charge on any atom is 0.353 e. The van der Waals surface area contributed by atoms with Crippen molar-refractivity contribution in [3.8, 4) is 11.5 Å². The average Bonchev–Trinajstić information content (AvgIpc) is 2.95. The SMILES string of the molecule is Cc1c(-c2ncc(C(=O)O)[nH]2)nc2n1CCC2. The first-order valence-electron chi connectivity index (χ1n) is 5.51. The van der Waals surface area contributed by atoms with Crippen LogP contribution in [0.25, 0.3) is 11.5 Å². The lowest BCUT2D eigenvalue weighted by Crippen LogP contribution is -1.97. The number of nitrogens with one attached hydrogen (secondary N) is 1. The van der Waals surface area contributed by atoms with Crippen LogP contribution in [0, 0.1) is 6.92 Å². The molecule has 2 aromatic heterocycles. The minimum absolute atomic E-state index is 0.0903. The van der Waals surface area contributed by atoms with Crippen LogP contribution in [-0.2, 0) is 13.0 Å². The van der Waals surface area contributed by atoms with E-state index in [1.165, 1.54) is 6.20 Å². The molecule has 17 heavy (non-hydrogen) atoms. The van der Waals surface area contributed by atoms with E-state index in [1.54, 1.807) is 0 Å². The third-order valence-electron chi connectivity index (χ3n) is 3.11. The van der Waals surface area contributed by atoms with Gasteiger partial charge >= 0.3 is 5.97 Å². The lowest BCUT2D eigenvalue weighted by Gasteiger charge is -1.99. The van der Waals surface area contributed by atoms with Crippen LogP contribution in [0.2, 0.25) is 0 Å². The van der Waals surface area contributed by atoms with E-state index >= 15 is 0 Å². The molecule has 2 aromatic rings. The predicted molar refractivity (Wildman–Crippen MR) is 59.8 cm³/mol. The quantitative estimate of drug-likeness (QED) is 0.815. The van der Waals surface area contributed by atoms with Crippen LogP contribution in [0.4, 0.5) is 0 Å². The number of rotatable bonds is 2. The van der Waals surface area contributed by atoms with Crippen LogP contribution in [0.3, 0.4) is 0 Å². The van der Waals surface area contributed by atoms with Gasteiger partial charge in [-0.05, 0) is 13.3 Å². The molecule has 6 heteroatoms. The number of H-pyrrole nitrogens is 1. The molecule has 0 spiro atoms. The summed E-state index contributed by atoms with van der Waals surface area (Å²) in [7, 11) is 0. The third kappa shape index (κ3) is 1.44. The topological polar surface area (TPSA) is 83.8 Å². The molecule has 0 saturated carbocycles. The maximum absolute atomic E-state index is 10.8. The molecule has 0 fully saturated rings. The molecule has 0 aliphatic carbocycles. The van der Waals surface area contributed by atoms with E-state index < -0.39 is 5.97 Å². The Kier molecular flexibility index (Phi) is 2.04. The predicted octanol–water partition coefficient (Wildman–Crippen LogP) is 1.23. The molecular formula is C11H12N4O2. The molecule has 0 unspecified atom stereocenters. The molecule has 0 aromatic carbocycles. The Morgan fingerprint density at radius 2 is 2.41 bits per heavy atom. The second-order valence-corrected chi connectivity index (χ2v) is 4.17. The molecule has 0 atom stereocenters. The molecule has 0 saturated heterocycles. The highest BCUT2D eigenvalue weighted by Gasteiger charge is 2.21. The number of hydrogen-bond donors (Lipinski definition) is 2. The van der Waals surface area contributed by atoms with E-state index in [2.05, 4.69) is 19.5 Å². The zero-order valence-electron chi connectivity index (χ0n) is 9.40. The number of aromatic nitrogens is 4. The number of hydrogen-bond acceptors (Lipinski definition) is 3. The fraction of sp³-hybridized carbons (Fsp3) is 0.364. The summed E-state index contributed by atoms with van der Waals surface area (Å²) >= 11 is 0. The minimum Gasteiger partial charge on any atom is -0.477 e. The zero-order valence-corrected chi connectivity index (χ0v) is 9.40. The molecule has 0 amide bonds. The van der Waals surface area contributed by atoms with Gasteiger partial charge in [0, 0.05) is 18.7 Å². The van der Waals surface area contributed by atoms with Crippen LogP contribution < -0.4 is 0 Å². The summed E-state index contributed by atoms with van der Waals surface area (Å²) in [5.74, 6) is 0.584. The van der Waals surface area contributed by atoms with E-state index in [0.717, 1.165) is 36.6 Å². The summed E-state index contributed by atoms with van der Waals surface area (Å²) in [5, 5.41) is 8.83. The monoisotopic (exact) mass is 232 g/mol. The molecule has 88 valence electrons. The van der Waals surface area contributed by atoms with Crippen LogP contribution >= 0.6 is 0 Å². The average molecular weight is 232 g/mol. The van der Waals surface area contributed by atoms with Gasteiger partial charge in [0.2, 0.25) is 0 Å². The first-order chi connectivity index (χ1) is 8.16. The third-order valence-corrected chi connectivity index (χ3v) is 3.11. The number of aryl methyl sites for hydroxylation is 1. The zero-order chi connectivity index (χ0) is 12.0. The van der Waals surface area contributed by atoms with Crippen LogP contribution in [0.1, 0.15) is 28.4 Å². The number of carbonyl (C=O) groups is 1. The number of aromatic amines is 1. The number of carboxylic acid groups (broad SMARTS) is 1. The summed E-state index contributed by atoms with van der Waals surface area (Å²) in [6.07, 6.45) is 3.43. The standard InChI is InChI=1S/C11H12N4O2/c1-6-9(14-8-3-2-4-15(6)8)10-12-5-7(13-10)11(16)17/h5H,2-4H2,1H3,(H,12,13)(H,16,17). The van der Waals surface area contributed by atoms with E-state index in [4.69, 9.17) is 5.11 Å². The molecule has 2 N–H and O–H groups in total. The molecule has 0 radical (unpaired) electrons. The Bertz CT molecular complexity index is 597. The number of imidazole rings is 2. The van der Waals surface area contributed by atoms with Gasteiger partial charge in [-0.2, -0.15) is 0 Å². The molecule has 3 rings (SSSR count). The Morgan fingerprint density at radius 3 is 3.06 bits per heavy atom. The van der Waals surface area contributed by atoms with Crippen molar-refractivity contribution in [3.05, 3.63) is 23.4 Å². The molecule has 0 bridgehead atoms. The molecule has 1 aliphatic heterocycles. The summed E-state index contributed by atoms with van der Waals surface area (Å²) in [6.45, 7) is 2.97. The lowest BCUT2D eigenvalue weighted by molar-refractivity contribution is 0.0691. The van der Waals surface area contributed by atoms with E-state index in [1.807, 2.05) is 6.92 Å². The second kappa shape index (κ2) is 3.44. The molecule has 1 aliphatic rings. The van der Waals surface area contributed by atoms with Gasteiger partial charge in [-0.15, -0.1) is 0 Å². The van der Waals surface area contributed by atoms with Gasteiger partial charge in [0.05, 0.1) is 6.20 Å². The number of nitrogens with zero attached hydrogens (tertiary/aromatic N) is 3. The van der Waals surface area contributed by atoms with Gasteiger partial charge in [0.1, 0.15) is 17.2 Å². The van der Waals surface area contributed by atoms with Crippen molar-refractivity contribution in [3.63, 3.8) is 0 Å². The fourth-order valence-corrected chi connectivity index (χ4v) is 2.25. The molecule has 3 heterocycles. The number of aromatic carboxylic acids is 1. The normalized spacial score (nSPS) is 13.9. The minimum atomic E-state index is -1.01. The van der Waals surface area contributed by atoms with Crippen LogP contribution in [0.15, 0.2) is 6.20 Å². The van der Waals surface area contributed by atoms with Crippen molar-refractivity contribution in [2.24, 2.45) is 0 Å². The number of fused-ring (bicyclic) bond motifs is 1. The summed E-state index contributed by atoms with van der Waals surface area (Å²) < 4.78 is 2.16. The van der Waals surface area contributed by atoms with E-state index in [9.17, 15) is 4.79 Å². The van der Waals surface area contributed by atoms with Crippen LogP contribution in [0.5, 0.6) is 0 Å². The Balaban J connectivity index is 2.06. The largest absolute Gasteiger partial charge is 0.477 e. The Hall–Kier alpha value is -2.11. The van der Waals surface area contributed by atoms with Gasteiger partial charge in [0.25, 0.3) is 0 Å². The van der Waals surface area contributed by atoms with E-state index in [0.29, 0.717) is 5.82 Å². The van der Waals surface area contributed by atoms with Crippen molar-refractivity contribution in [1.82, 2.24) is 19.5 Å². The molecule has 6 nitrogen and oxygen atoms in total. The van der Waals surface area contributed by atoms with Crippen molar-refractivity contribution < 1.29 is 9.90 Å². The summed E-state index contributed by atoms with van der Waals surface area (Å²) in [5.41, 5.74) is 1.89. The highest BCUT2D eigenvalue weighted by molar-refractivity contribution is 5.85. The van der Waals surface area contributed by atoms with Crippen molar-refractivity contribution in [2.75, 3.05) is 0 Å². The van der Waals surface area contributed by atoms with Gasteiger partial charge in [-0.1, -0.05) is 0 Å². The van der Waals surface area contributed by atoms with Gasteiger partial charge in [0.15, 0.2) is 5.82 Å². The smallest absolute Gasteiger partial charge is 0.353 e. The summed E-state index contributed by atoms with van der Waals surface area (Å²) in [4.78, 5) is 22.1. The molecular weight excluding hydrogens is 220 g/mol. The van der Waals surface area contributed by atoms with Gasteiger partial charge < -0.3 is 14.7 Å².